The average molecular weight is 443 g/mol. The number of amides is 2. The zero-order chi connectivity index (χ0) is 18.8. The fraction of sp³-hybridized carbons (Fsp3) is 0.188. The fourth-order valence-electron chi connectivity index (χ4n) is 2.18. The summed E-state index contributed by atoms with van der Waals surface area (Å²) >= 11 is 30.0. The molecule has 25 heavy (non-hydrogen) atoms. The molecule has 0 saturated carbocycles. The molecule has 9 heteroatoms. The van der Waals surface area contributed by atoms with E-state index in [1.54, 1.807) is 43.3 Å². The van der Waals surface area contributed by atoms with Crippen molar-refractivity contribution in [1.82, 2.24) is 0 Å². The Kier molecular flexibility index (Phi) is 6.57. The SMILES string of the molecule is Cc1c(Oc2ccc(Cl)cc2)ccc(NC(N)=O)c1C(Cl)C(Cl)(Cl)Cl. The number of rotatable bonds is 4. The molecule has 0 aliphatic rings. The lowest BCUT2D eigenvalue weighted by Crippen LogP contribution is -2.22. The summed E-state index contributed by atoms with van der Waals surface area (Å²) in [6.07, 6.45) is 0. The number of nitrogens with two attached hydrogens (primary N) is 1. The van der Waals surface area contributed by atoms with Crippen LogP contribution in [0.3, 0.4) is 0 Å². The molecule has 0 heterocycles. The van der Waals surface area contributed by atoms with E-state index in [1.807, 2.05) is 0 Å². The van der Waals surface area contributed by atoms with Crippen LogP contribution in [0, 0.1) is 6.92 Å². The molecule has 2 aromatic carbocycles. The quantitative estimate of drug-likeness (QED) is 0.525. The van der Waals surface area contributed by atoms with Crippen molar-refractivity contribution in [2.45, 2.75) is 16.1 Å². The summed E-state index contributed by atoms with van der Waals surface area (Å²) in [6.45, 7) is 1.73. The molecule has 0 bridgehead atoms. The van der Waals surface area contributed by atoms with E-state index in [1.165, 1.54) is 0 Å². The lowest BCUT2D eigenvalue weighted by Gasteiger charge is -2.24. The molecule has 0 spiro atoms. The summed E-state index contributed by atoms with van der Waals surface area (Å²) in [4.78, 5) is 11.2. The highest BCUT2D eigenvalue weighted by Crippen LogP contribution is 2.49. The van der Waals surface area contributed by atoms with Gasteiger partial charge in [0.25, 0.3) is 0 Å². The Balaban J connectivity index is 2.49. The van der Waals surface area contributed by atoms with Crippen molar-refractivity contribution in [3.63, 3.8) is 0 Å². The first-order valence-corrected chi connectivity index (χ1v) is 8.88. The Morgan fingerprint density at radius 2 is 1.76 bits per heavy atom. The normalized spacial score (nSPS) is 12.6. The predicted octanol–water partition coefficient (Wildman–Crippen LogP) is 6.58. The third-order valence-electron chi connectivity index (χ3n) is 3.31. The zero-order valence-electron chi connectivity index (χ0n) is 12.8. The van der Waals surface area contributed by atoms with Gasteiger partial charge in [-0.05, 0) is 48.9 Å². The van der Waals surface area contributed by atoms with Gasteiger partial charge in [-0.1, -0.05) is 46.4 Å². The summed E-state index contributed by atoms with van der Waals surface area (Å²) in [5.74, 6) is 1.04. The molecule has 0 fully saturated rings. The van der Waals surface area contributed by atoms with Crippen LogP contribution in [0.1, 0.15) is 16.5 Å². The molecular formula is C16H13Cl5N2O2. The molecule has 0 saturated heterocycles. The number of ether oxygens (including phenoxy) is 1. The summed E-state index contributed by atoms with van der Waals surface area (Å²) in [5, 5.41) is 2.01. The van der Waals surface area contributed by atoms with Crippen LogP contribution in [-0.2, 0) is 0 Å². The Bertz CT molecular complexity index is 775. The predicted molar refractivity (Wildman–Crippen MR) is 105 cm³/mol. The molecule has 0 aliphatic carbocycles. The van der Waals surface area contributed by atoms with Gasteiger partial charge in [-0.3, -0.25) is 0 Å². The van der Waals surface area contributed by atoms with Crippen molar-refractivity contribution in [1.29, 1.82) is 0 Å². The molecule has 0 aromatic heterocycles. The van der Waals surface area contributed by atoms with Crippen molar-refractivity contribution >= 4 is 69.7 Å². The Labute approximate surface area is 170 Å². The van der Waals surface area contributed by atoms with E-state index < -0.39 is 15.2 Å². The van der Waals surface area contributed by atoms with Crippen LogP contribution in [0.15, 0.2) is 36.4 Å². The number of carbonyl (C=O) groups excluding carboxylic acids is 1. The third kappa shape index (κ3) is 5.22. The lowest BCUT2D eigenvalue weighted by molar-refractivity contribution is 0.259. The third-order valence-corrected chi connectivity index (χ3v) is 5.09. The first-order chi connectivity index (χ1) is 11.6. The number of alkyl halides is 4. The van der Waals surface area contributed by atoms with E-state index in [4.69, 9.17) is 68.5 Å². The first-order valence-electron chi connectivity index (χ1n) is 6.93. The van der Waals surface area contributed by atoms with Crippen LogP contribution in [0.4, 0.5) is 10.5 Å². The molecule has 4 nitrogen and oxygen atoms in total. The molecule has 1 unspecified atom stereocenters. The van der Waals surface area contributed by atoms with Crippen LogP contribution in [0.2, 0.25) is 5.02 Å². The van der Waals surface area contributed by atoms with Crippen LogP contribution >= 0.6 is 58.0 Å². The van der Waals surface area contributed by atoms with E-state index in [2.05, 4.69) is 5.32 Å². The van der Waals surface area contributed by atoms with Gasteiger partial charge < -0.3 is 15.8 Å². The maximum absolute atomic E-state index is 11.2. The number of urea groups is 1. The highest BCUT2D eigenvalue weighted by atomic mass is 35.6. The Hall–Kier alpha value is -1.04. The van der Waals surface area contributed by atoms with Gasteiger partial charge >= 0.3 is 6.03 Å². The van der Waals surface area contributed by atoms with Gasteiger partial charge in [0.05, 0.1) is 0 Å². The van der Waals surface area contributed by atoms with Crippen molar-refractivity contribution in [3.05, 3.63) is 52.5 Å². The maximum atomic E-state index is 11.2. The van der Waals surface area contributed by atoms with Gasteiger partial charge in [0.1, 0.15) is 16.9 Å². The minimum absolute atomic E-state index is 0.333. The smallest absolute Gasteiger partial charge is 0.316 e. The minimum Gasteiger partial charge on any atom is -0.457 e. The van der Waals surface area contributed by atoms with Crippen LogP contribution in [0.5, 0.6) is 11.5 Å². The maximum Gasteiger partial charge on any atom is 0.316 e. The highest BCUT2D eigenvalue weighted by molar-refractivity contribution is 6.70. The first kappa shape index (κ1) is 20.3. The molecule has 2 amide bonds. The summed E-state index contributed by atoms with van der Waals surface area (Å²) < 4.78 is 4.03. The van der Waals surface area contributed by atoms with E-state index in [-0.39, 0.29) is 0 Å². The molecule has 3 N–H and O–H groups in total. The molecule has 134 valence electrons. The Morgan fingerprint density at radius 1 is 1.16 bits per heavy atom. The molecule has 1 atom stereocenters. The van der Waals surface area contributed by atoms with Crippen LogP contribution in [0.25, 0.3) is 0 Å². The molecular weight excluding hydrogens is 429 g/mol. The lowest BCUT2D eigenvalue weighted by atomic mass is 10.0. The zero-order valence-corrected chi connectivity index (χ0v) is 16.6. The summed E-state index contributed by atoms with van der Waals surface area (Å²) in [6, 6.07) is 9.28. The number of halogens is 5. The average Bonchev–Trinajstić information content (AvgIpc) is 2.50. The van der Waals surface area contributed by atoms with Gasteiger partial charge in [0, 0.05) is 16.3 Å². The van der Waals surface area contributed by atoms with Gasteiger partial charge in [0.15, 0.2) is 0 Å². The van der Waals surface area contributed by atoms with Gasteiger partial charge in [0.2, 0.25) is 3.79 Å². The number of benzene rings is 2. The molecule has 0 radical (unpaired) electrons. The summed E-state index contributed by atoms with van der Waals surface area (Å²) in [7, 11) is 0. The van der Waals surface area contributed by atoms with E-state index >= 15 is 0 Å². The largest absolute Gasteiger partial charge is 0.457 e. The second-order valence-electron chi connectivity index (χ2n) is 5.10. The van der Waals surface area contributed by atoms with Crippen molar-refractivity contribution in [2.75, 3.05) is 5.32 Å². The van der Waals surface area contributed by atoms with Crippen LogP contribution in [-0.4, -0.2) is 9.82 Å². The Morgan fingerprint density at radius 3 is 2.28 bits per heavy atom. The molecule has 0 aliphatic heterocycles. The van der Waals surface area contributed by atoms with Crippen molar-refractivity contribution in [3.8, 4) is 11.5 Å². The number of hydrogen-bond donors (Lipinski definition) is 2. The van der Waals surface area contributed by atoms with E-state index in [0.29, 0.717) is 33.3 Å². The summed E-state index contributed by atoms with van der Waals surface area (Å²) in [5.41, 5.74) is 6.51. The number of carbonyl (C=O) groups is 1. The number of hydrogen-bond acceptors (Lipinski definition) is 2. The fourth-order valence-corrected chi connectivity index (χ4v) is 2.92. The van der Waals surface area contributed by atoms with Gasteiger partial charge in [-0.25, -0.2) is 4.79 Å². The van der Waals surface area contributed by atoms with Gasteiger partial charge in [-0.2, -0.15) is 0 Å². The standard InChI is InChI=1S/C16H13Cl5N2O2/c1-8-12(25-10-4-2-9(17)3-5-10)7-6-11(23-15(22)24)13(8)14(18)16(19,20)21/h2-7,14H,1H3,(H3,22,23,24). The second kappa shape index (κ2) is 8.11. The van der Waals surface area contributed by atoms with Gasteiger partial charge in [-0.15, -0.1) is 11.6 Å². The monoisotopic (exact) mass is 440 g/mol. The van der Waals surface area contributed by atoms with E-state index in [0.717, 1.165) is 0 Å². The highest BCUT2D eigenvalue weighted by Gasteiger charge is 2.35. The molecule has 2 aromatic rings. The van der Waals surface area contributed by atoms with Crippen LogP contribution < -0.4 is 15.8 Å². The van der Waals surface area contributed by atoms with Crippen molar-refractivity contribution in [2.24, 2.45) is 5.73 Å². The number of anilines is 1. The molecule has 2 rings (SSSR count). The minimum atomic E-state index is -1.81. The van der Waals surface area contributed by atoms with Crippen molar-refractivity contribution < 1.29 is 9.53 Å². The topological polar surface area (TPSA) is 64.3 Å². The number of nitrogens with one attached hydrogen (secondary N) is 1. The second-order valence-corrected chi connectivity index (χ2v) is 8.34. The van der Waals surface area contributed by atoms with E-state index in [9.17, 15) is 4.79 Å². The number of primary amides is 1.